The molecule has 0 radical (unpaired) electrons. The maximum absolute atomic E-state index is 12.5. The summed E-state index contributed by atoms with van der Waals surface area (Å²) >= 11 is 1.43. The van der Waals surface area contributed by atoms with E-state index in [4.69, 9.17) is 10.5 Å². The smallest absolute Gasteiger partial charge is 0.273 e. The largest absolute Gasteiger partial charge is 0.383 e. The van der Waals surface area contributed by atoms with Crippen LogP contribution >= 0.6 is 11.3 Å². The Morgan fingerprint density at radius 1 is 1.53 bits per heavy atom. The number of ether oxygens (including phenoxy) is 1. The predicted molar refractivity (Wildman–Crippen MR) is 77.3 cm³/mol. The van der Waals surface area contributed by atoms with Crippen LogP contribution in [-0.4, -0.2) is 42.1 Å². The van der Waals surface area contributed by atoms with Gasteiger partial charge in [0, 0.05) is 31.6 Å². The number of hydrogen-bond acceptors (Lipinski definition) is 5. The summed E-state index contributed by atoms with van der Waals surface area (Å²) in [5.74, 6) is -0.0262. The summed E-state index contributed by atoms with van der Waals surface area (Å²) in [6.45, 7) is 5.69. The van der Waals surface area contributed by atoms with Crippen molar-refractivity contribution in [2.45, 2.75) is 39.3 Å². The van der Waals surface area contributed by atoms with E-state index in [-0.39, 0.29) is 11.9 Å². The van der Waals surface area contributed by atoms with Gasteiger partial charge in [-0.1, -0.05) is 13.8 Å². The Morgan fingerprint density at radius 2 is 2.21 bits per heavy atom. The number of nitrogens with two attached hydrogens (primary N) is 1. The molecule has 0 saturated carbocycles. The Balaban J connectivity index is 2.85. The van der Waals surface area contributed by atoms with Crippen molar-refractivity contribution < 1.29 is 9.53 Å². The summed E-state index contributed by atoms with van der Waals surface area (Å²) in [6.07, 6.45) is 1.86. The number of thiazole rings is 1. The van der Waals surface area contributed by atoms with E-state index in [9.17, 15) is 4.79 Å². The predicted octanol–water partition coefficient (Wildman–Crippen LogP) is 1.88. The van der Waals surface area contributed by atoms with Crippen molar-refractivity contribution in [3.8, 4) is 0 Å². The number of carbonyl (C=O) groups is 1. The zero-order chi connectivity index (χ0) is 14.3. The molecule has 5 nitrogen and oxygen atoms in total. The van der Waals surface area contributed by atoms with Gasteiger partial charge in [0.05, 0.1) is 6.61 Å². The molecule has 1 heterocycles. The van der Waals surface area contributed by atoms with Crippen LogP contribution in [0.1, 0.15) is 42.2 Å². The van der Waals surface area contributed by atoms with Crippen molar-refractivity contribution in [2.24, 2.45) is 5.73 Å². The molecule has 2 N–H and O–H groups in total. The number of amides is 1. The highest BCUT2D eigenvalue weighted by Crippen LogP contribution is 2.16. The molecule has 0 aliphatic heterocycles. The molecule has 1 rings (SSSR count). The lowest BCUT2D eigenvalue weighted by Crippen LogP contribution is -2.42. The third-order valence-electron chi connectivity index (χ3n) is 3.13. The van der Waals surface area contributed by atoms with Crippen LogP contribution in [0.2, 0.25) is 0 Å². The average Bonchev–Trinajstić information content (AvgIpc) is 2.91. The van der Waals surface area contributed by atoms with Crippen molar-refractivity contribution in [3.05, 3.63) is 16.1 Å². The Bertz CT molecular complexity index is 391. The molecule has 0 aliphatic carbocycles. The third-order valence-corrected chi connectivity index (χ3v) is 4.00. The van der Waals surface area contributed by atoms with Crippen LogP contribution in [0.4, 0.5) is 0 Å². The van der Waals surface area contributed by atoms with Crippen LogP contribution in [0.5, 0.6) is 0 Å². The van der Waals surface area contributed by atoms with E-state index in [0.717, 1.165) is 17.8 Å². The Kier molecular flexibility index (Phi) is 6.97. The molecule has 0 saturated heterocycles. The molecule has 0 spiro atoms. The standard InChI is InChI=1S/C13H23N3O2S/c1-4-10(5-2)16(6-7-18-3)13(17)11-9-19-12(8-14)15-11/h9-10H,4-8,14H2,1-3H3. The third kappa shape index (κ3) is 4.26. The monoisotopic (exact) mass is 285 g/mol. The van der Waals surface area contributed by atoms with E-state index in [1.807, 2.05) is 4.90 Å². The summed E-state index contributed by atoms with van der Waals surface area (Å²) in [7, 11) is 1.64. The lowest BCUT2D eigenvalue weighted by molar-refractivity contribution is 0.0584. The van der Waals surface area contributed by atoms with Crippen LogP contribution in [0.25, 0.3) is 0 Å². The number of carbonyl (C=O) groups excluding carboxylic acids is 1. The zero-order valence-corrected chi connectivity index (χ0v) is 12.7. The Hall–Kier alpha value is -0.980. The highest BCUT2D eigenvalue weighted by molar-refractivity contribution is 7.09. The van der Waals surface area contributed by atoms with Gasteiger partial charge in [0.15, 0.2) is 0 Å². The van der Waals surface area contributed by atoms with Gasteiger partial charge < -0.3 is 15.4 Å². The van der Waals surface area contributed by atoms with E-state index >= 15 is 0 Å². The number of aromatic nitrogens is 1. The molecule has 1 amide bonds. The summed E-state index contributed by atoms with van der Waals surface area (Å²) in [6, 6.07) is 0.227. The van der Waals surface area contributed by atoms with Gasteiger partial charge in [0.25, 0.3) is 5.91 Å². The fourth-order valence-corrected chi connectivity index (χ4v) is 2.67. The first-order valence-electron chi connectivity index (χ1n) is 6.62. The number of rotatable bonds is 8. The van der Waals surface area contributed by atoms with E-state index in [0.29, 0.717) is 25.4 Å². The first-order chi connectivity index (χ1) is 9.17. The Labute approximate surface area is 118 Å². The van der Waals surface area contributed by atoms with Gasteiger partial charge >= 0.3 is 0 Å². The molecule has 108 valence electrons. The Morgan fingerprint density at radius 3 is 2.68 bits per heavy atom. The van der Waals surface area contributed by atoms with E-state index < -0.39 is 0 Å². The second-order valence-corrected chi connectivity index (χ2v) is 5.23. The van der Waals surface area contributed by atoms with Gasteiger partial charge in [0.1, 0.15) is 10.7 Å². The second-order valence-electron chi connectivity index (χ2n) is 4.29. The number of hydrogen-bond donors (Lipinski definition) is 1. The molecule has 1 aromatic heterocycles. The van der Waals surface area contributed by atoms with Crippen LogP contribution in [0.15, 0.2) is 5.38 Å². The van der Waals surface area contributed by atoms with E-state index in [1.54, 1.807) is 12.5 Å². The van der Waals surface area contributed by atoms with E-state index in [1.165, 1.54) is 11.3 Å². The lowest BCUT2D eigenvalue weighted by Gasteiger charge is -2.29. The van der Waals surface area contributed by atoms with Crippen LogP contribution < -0.4 is 5.73 Å². The summed E-state index contributed by atoms with van der Waals surface area (Å²) in [5.41, 5.74) is 6.03. The molecular weight excluding hydrogens is 262 g/mol. The molecule has 6 heteroatoms. The SMILES string of the molecule is CCC(CC)N(CCOC)C(=O)c1csc(CN)n1. The molecular formula is C13H23N3O2S. The average molecular weight is 285 g/mol. The highest BCUT2D eigenvalue weighted by Gasteiger charge is 2.23. The molecule has 0 fully saturated rings. The quantitative estimate of drug-likeness (QED) is 0.792. The van der Waals surface area contributed by atoms with Crippen molar-refractivity contribution in [1.29, 1.82) is 0 Å². The van der Waals surface area contributed by atoms with Crippen LogP contribution in [0, 0.1) is 0 Å². The molecule has 0 unspecified atom stereocenters. The summed E-state index contributed by atoms with van der Waals surface area (Å²) < 4.78 is 5.09. The summed E-state index contributed by atoms with van der Waals surface area (Å²) in [5, 5.41) is 2.58. The van der Waals surface area contributed by atoms with Gasteiger partial charge in [-0.3, -0.25) is 4.79 Å². The normalized spacial score (nSPS) is 11.0. The highest BCUT2D eigenvalue weighted by atomic mass is 32.1. The number of methoxy groups -OCH3 is 1. The van der Waals surface area contributed by atoms with Crippen LogP contribution in [0.3, 0.4) is 0 Å². The number of nitrogens with zero attached hydrogens (tertiary/aromatic N) is 2. The molecule has 0 aliphatic rings. The van der Waals surface area contributed by atoms with Gasteiger partial charge in [-0.2, -0.15) is 0 Å². The first-order valence-corrected chi connectivity index (χ1v) is 7.50. The van der Waals surface area contributed by atoms with Crippen molar-refractivity contribution >= 4 is 17.2 Å². The first kappa shape index (κ1) is 16.1. The zero-order valence-electron chi connectivity index (χ0n) is 11.9. The maximum Gasteiger partial charge on any atom is 0.273 e. The van der Waals surface area contributed by atoms with Gasteiger partial charge in [0.2, 0.25) is 0 Å². The lowest BCUT2D eigenvalue weighted by atomic mass is 10.1. The second kappa shape index (κ2) is 8.24. The summed E-state index contributed by atoms with van der Waals surface area (Å²) in [4.78, 5) is 18.6. The van der Waals surface area contributed by atoms with Crippen molar-refractivity contribution in [1.82, 2.24) is 9.88 Å². The van der Waals surface area contributed by atoms with Gasteiger partial charge in [-0.05, 0) is 12.8 Å². The van der Waals surface area contributed by atoms with Gasteiger partial charge in [-0.25, -0.2) is 4.98 Å². The van der Waals surface area contributed by atoms with Crippen molar-refractivity contribution in [3.63, 3.8) is 0 Å². The fraction of sp³-hybridized carbons (Fsp3) is 0.692. The molecule has 0 bridgehead atoms. The van der Waals surface area contributed by atoms with Crippen molar-refractivity contribution in [2.75, 3.05) is 20.3 Å². The van der Waals surface area contributed by atoms with Gasteiger partial charge in [-0.15, -0.1) is 11.3 Å². The molecule has 0 atom stereocenters. The minimum absolute atomic E-state index is 0.0262. The fourth-order valence-electron chi connectivity index (χ4n) is 2.02. The molecule has 0 aromatic carbocycles. The maximum atomic E-state index is 12.5. The molecule has 19 heavy (non-hydrogen) atoms. The topological polar surface area (TPSA) is 68.5 Å². The minimum atomic E-state index is -0.0262. The van der Waals surface area contributed by atoms with Crippen LogP contribution in [-0.2, 0) is 11.3 Å². The van der Waals surface area contributed by atoms with E-state index in [2.05, 4.69) is 18.8 Å². The minimum Gasteiger partial charge on any atom is -0.383 e. The molecule has 1 aromatic rings.